The minimum absolute atomic E-state index is 0.0285. The molecule has 0 aromatic heterocycles. The van der Waals surface area contributed by atoms with Crippen molar-refractivity contribution in [2.75, 3.05) is 25.7 Å². The number of carbonyl (C=O) groups is 3. The number of rotatable bonds is 7. The van der Waals surface area contributed by atoms with Crippen LogP contribution in [-0.2, 0) is 25.5 Å². The van der Waals surface area contributed by atoms with Crippen molar-refractivity contribution in [3.63, 3.8) is 0 Å². The van der Waals surface area contributed by atoms with Gasteiger partial charge in [-0.15, -0.1) is 0 Å². The van der Waals surface area contributed by atoms with Crippen LogP contribution in [0.3, 0.4) is 0 Å². The van der Waals surface area contributed by atoms with E-state index in [0.717, 1.165) is 5.56 Å². The molecule has 2 amide bonds. The minimum Gasteiger partial charge on any atom is -0.495 e. The number of hydrogen-bond donors (Lipinski definition) is 1. The molecule has 1 aliphatic rings. The molecule has 0 aliphatic carbocycles. The Morgan fingerprint density at radius 2 is 1.93 bits per heavy atom. The van der Waals surface area contributed by atoms with Gasteiger partial charge in [0, 0.05) is 24.4 Å². The third-order valence-electron chi connectivity index (χ3n) is 5.01. The summed E-state index contributed by atoms with van der Waals surface area (Å²) in [6.07, 6.45) is 0.326. The Morgan fingerprint density at radius 1 is 1.20 bits per heavy atom. The van der Waals surface area contributed by atoms with E-state index in [0.29, 0.717) is 22.9 Å². The van der Waals surface area contributed by atoms with Crippen molar-refractivity contribution in [2.24, 2.45) is 5.92 Å². The van der Waals surface area contributed by atoms with Gasteiger partial charge < -0.3 is 19.7 Å². The van der Waals surface area contributed by atoms with E-state index >= 15 is 0 Å². The lowest BCUT2D eigenvalue weighted by Gasteiger charge is -2.21. The highest BCUT2D eigenvalue weighted by Crippen LogP contribution is 2.35. The summed E-state index contributed by atoms with van der Waals surface area (Å²) < 4.78 is 10.2. The highest BCUT2D eigenvalue weighted by Gasteiger charge is 2.37. The van der Waals surface area contributed by atoms with Crippen molar-refractivity contribution in [3.8, 4) is 5.75 Å². The number of esters is 1. The Bertz CT molecular complexity index is 934. The molecule has 0 saturated carbocycles. The second-order valence-electron chi connectivity index (χ2n) is 7.00. The quantitative estimate of drug-likeness (QED) is 0.682. The first-order chi connectivity index (χ1) is 14.4. The van der Waals surface area contributed by atoms with Crippen LogP contribution in [0.15, 0.2) is 48.5 Å². The molecule has 0 radical (unpaired) electrons. The summed E-state index contributed by atoms with van der Waals surface area (Å²) in [6, 6.07) is 13.5. The van der Waals surface area contributed by atoms with E-state index in [1.54, 1.807) is 18.2 Å². The molecule has 3 rings (SSSR count). The molecular formula is C22H23ClN2O5. The largest absolute Gasteiger partial charge is 0.495 e. The number of anilines is 1. The van der Waals surface area contributed by atoms with Gasteiger partial charge in [0.1, 0.15) is 11.8 Å². The van der Waals surface area contributed by atoms with E-state index in [4.69, 9.17) is 21.1 Å². The van der Waals surface area contributed by atoms with Crippen LogP contribution in [0.1, 0.15) is 12.0 Å². The molecule has 30 heavy (non-hydrogen) atoms. The minimum atomic E-state index is -0.838. The third-order valence-corrected chi connectivity index (χ3v) is 5.25. The van der Waals surface area contributed by atoms with Gasteiger partial charge in [-0.3, -0.25) is 9.59 Å². The summed E-state index contributed by atoms with van der Waals surface area (Å²) in [4.78, 5) is 39.1. The van der Waals surface area contributed by atoms with Crippen LogP contribution in [-0.4, -0.2) is 44.6 Å². The Kier molecular flexibility index (Phi) is 6.95. The molecule has 158 valence electrons. The van der Waals surface area contributed by atoms with Crippen molar-refractivity contribution < 1.29 is 23.9 Å². The molecule has 2 atom stereocenters. The van der Waals surface area contributed by atoms with Crippen LogP contribution in [0.5, 0.6) is 5.75 Å². The summed E-state index contributed by atoms with van der Waals surface area (Å²) in [5, 5.41) is 3.20. The van der Waals surface area contributed by atoms with Crippen LogP contribution >= 0.6 is 11.6 Å². The Morgan fingerprint density at radius 3 is 2.60 bits per heavy atom. The van der Waals surface area contributed by atoms with Crippen molar-refractivity contribution in [1.29, 1.82) is 0 Å². The molecule has 7 nitrogen and oxygen atoms in total. The predicted molar refractivity (Wildman–Crippen MR) is 113 cm³/mol. The molecule has 0 spiro atoms. The standard InChI is InChI=1S/C22H23ClN2O5/c1-29-19-9-8-16(23)12-18(19)25-13-15(11-20(25)26)21(27)24-17(22(28)30-2)10-14-6-4-3-5-7-14/h3-9,12,15,17H,10-11,13H2,1-2H3,(H,24,27)/t15-,17+/m0/s1. The normalized spacial score (nSPS) is 16.8. The number of methoxy groups -OCH3 is 2. The number of halogens is 1. The summed E-state index contributed by atoms with van der Waals surface area (Å²) in [5.74, 6) is -1.24. The summed E-state index contributed by atoms with van der Waals surface area (Å²) in [7, 11) is 2.78. The maximum atomic E-state index is 12.9. The van der Waals surface area contributed by atoms with Crippen LogP contribution in [0.2, 0.25) is 5.02 Å². The predicted octanol–water partition coefficient (Wildman–Crippen LogP) is 2.60. The van der Waals surface area contributed by atoms with Crippen LogP contribution in [0.4, 0.5) is 5.69 Å². The second-order valence-corrected chi connectivity index (χ2v) is 7.43. The molecule has 2 aromatic rings. The number of nitrogens with one attached hydrogen (secondary N) is 1. The highest BCUT2D eigenvalue weighted by atomic mass is 35.5. The van der Waals surface area contributed by atoms with Gasteiger partial charge in [0.2, 0.25) is 11.8 Å². The molecule has 1 saturated heterocycles. The molecule has 8 heteroatoms. The van der Waals surface area contributed by atoms with Gasteiger partial charge in [0.25, 0.3) is 0 Å². The second kappa shape index (κ2) is 9.63. The lowest BCUT2D eigenvalue weighted by Crippen LogP contribution is -2.46. The first kappa shape index (κ1) is 21.6. The first-order valence-corrected chi connectivity index (χ1v) is 9.86. The third kappa shape index (κ3) is 4.91. The maximum Gasteiger partial charge on any atom is 0.328 e. The summed E-state index contributed by atoms with van der Waals surface area (Å²) in [5.41, 5.74) is 1.40. The lowest BCUT2D eigenvalue weighted by molar-refractivity contribution is -0.145. The van der Waals surface area contributed by atoms with E-state index < -0.39 is 17.9 Å². The molecule has 1 aliphatic heterocycles. The monoisotopic (exact) mass is 430 g/mol. The molecule has 1 N–H and O–H groups in total. The van der Waals surface area contributed by atoms with E-state index in [2.05, 4.69) is 5.32 Å². The molecule has 0 unspecified atom stereocenters. The smallest absolute Gasteiger partial charge is 0.328 e. The van der Waals surface area contributed by atoms with Gasteiger partial charge in [-0.25, -0.2) is 4.79 Å². The lowest BCUT2D eigenvalue weighted by atomic mass is 10.0. The number of carbonyl (C=O) groups excluding carboxylic acids is 3. The van der Waals surface area contributed by atoms with Crippen molar-refractivity contribution >= 4 is 35.1 Å². The van der Waals surface area contributed by atoms with Gasteiger partial charge in [-0.1, -0.05) is 41.9 Å². The van der Waals surface area contributed by atoms with Gasteiger partial charge in [0.05, 0.1) is 25.8 Å². The number of hydrogen-bond acceptors (Lipinski definition) is 5. The zero-order chi connectivity index (χ0) is 21.7. The zero-order valence-corrected chi connectivity index (χ0v) is 17.5. The van der Waals surface area contributed by atoms with E-state index in [-0.39, 0.29) is 24.8 Å². The van der Waals surface area contributed by atoms with E-state index in [1.807, 2.05) is 30.3 Å². The molecule has 2 aromatic carbocycles. The maximum absolute atomic E-state index is 12.9. The number of ether oxygens (including phenoxy) is 2. The van der Waals surface area contributed by atoms with Gasteiger partial charge >= 0.3 is 5.97 Å². The van der Waals surface area contributed by atoms with Crippen LogP contribution in [0, 0.1) is 5.92 Å². The topological polar surface area (TPSA) is 84.9 Å². The Balaban J connectivity index is 1.73. The van der Waals surface area contributed by atoms with E-state index in [9.17, 15) is 14.4 Å². The van der Waals surface area contributed by atoms with Crippen molar-refractivity contribution in [2.45, 2.75) is 18.9 Å². The van der Waals surface area contributed by atoms with Crippen molar-refractivity contribution in [3.05, 3.63) is 59.1 Å². The molecule has 0 bridgehead atoms. The fourth-order valence-corrected chi connectivity index (χ4v) is 3.63. The van der Waals surface area contributed by atoms with Crippen LogP contribution in [0.25, 0.3) is 0 Å². The molecule has 1 heterocycles. The van der Waals surface area contributed by atoms with Gasteiger partial charge in [0.15, 0.2) is 0 Å². The molecular weight excluding hydrogens is 408 g/mol. The molecule has 1 fully saturated rings. The van der Waals surface area contributed by atoms with Crippen molar-refractivity contribution in [1.82, 2.24) is 5.32 Å². The van der Waals surface area contributed by atoms with Gasteiger partial charge in [-0.2, -0.15) is 0 Å². The van der Waals surface area contributed by atoms with Gasteiger partial charge in [-0.05, 0) is 23.8 Å². The van der Waals surface area contributed by atoms with Crippen LogP contribution < -0.4 is 15.0 Å². The Hall–Kier alpha value is -3.06. The summed E-state index contributed by atoms with van der Waals surface area (Å²) in [6.45, 7) is 0.167. The fourth-order valence-electron chi connectivity index (χ4n) is 3.47. The summed E-state index contributed by atoms with van der Waals surface area (Å²) >= 11 is 6.07. The van der Waals surface area contributed by atoms with E-state index in [1.165, 1.54) is 19.1 Å². The number of nitrogens with zero attached hydrogens (tertiary/aromatic N) is 1. The Labute approximate surface area is 179 Å². The number of benzene rings is 2. The zero-order valence-electron chi connectivity index (χ0n) is 16.8. The first-order valence-electron chi connectivity index (χ1n) is 9.49. The number of amides is 2. The average Bonchev–Trinajstić information content (AvgIpc) is 3.15. The highest BCUT2D eigenvalue weighted by molar-refractivity contribution is 6.31. The SMILES string of the molecule is COC(=O)[C@@H](Cc1ccccc1)NC(=O)[C@H]1CC(=O)N(c2cc(Cl)ccc2OC)C1. The fraction of sp³-hybridized carbons (Fsp3) is 0.318. The average molecular weight is 431 g/mol.